The molecule has 4 rings (SSSR count). The molecular formula is C23H29F3N6O2. The summed E-state index contributed by atoms with van der Waals surface area (Å²) in [4.78, 5) is 30.2. The number of anilines is 2. The molecule has 3 heterocycles. The first-order chi connectivity index (χ1) is 16.2. The molecule has 0 bridgehead atoms. The molecule has 2 fully saturated rings. The number of hydrogen-bond donors (Lipinski definition) is 1. The number of benzene rings is 1. The van der Waals surface area contributed by atoms with E-state index in [0.717, 1.165) is 37.6 Å². The summed E-state index contributed by atoms with van der Waals surface area (Å²) in [5.74, 6) is 0.151. The predicted molar refractivity (Wildman–Crippen MR) is 122 cm³/mol. The zero-order valence-electron chi connectivity index (χ0n) is 19.1. The van der Waals surface area contributed by atoms with Gasteiger partial charge in [0.2, 0.25) is 5.91 Å². The number of alkyl halides is 3. The third-order valence-electron chi connectivity index (χ3n) is 6.27. The lowest BCUT2D eigenvalue weighted by Gasteiger charge is -2.35. The number of carbonyl (C=O) groups excluding carboxylic acids is 2. The maximum Gasteiger partial charge on any atom is 0.416 e. The first kappa shape index (κ1) is 24.1. The Bertz CT molecular complexity index is 1020. The van der Waals surface area contributed by atoms with Crippen molar-refractivity contribution in [3.05, 3.63) is 41.6 Å². The zero-order valence-corrected chi connectivity index (χ0v) is 19.1. The SMILES string of the molecule is CCC(=O)Nc1ccn(C(=O)N2CCN(Cc3ccc(C(F)(F)F)cc3N3CCCC3)CC2)n1. The molecule has 0 spiro atoms. The molecule has 8 nitrogen and oxygen atoms in total. The van der Waals surface area contributed by atoms with Crippen LogP contribution in [0.3, 0.4) is 0 Å². The fourth-order valence-electron chi connectivity index (χ4n) is 4.34. The van der Waals surface area contributed by atoms with Crippen molar-refractivity contribution in [2.75, 3.05) is 49.5 Å². The van der Waals surface area contributed by atoms with Crippen LogP contribution < -0.4 is 10.2 Å². The van der Waals surface area contributed by atoms with Crippen LogP contribution in [0, 0.1) is 0 Å². The van der Waals surface area contributed by atoms with E-state index >= 15 is 0 Å². The molecule has 1 aromatic heterocycles. The normalized spacial score (nSPS) is 17.3. The van der Waals surface area contributed by atoms with Crippen LogP contribution in [0.4, 0.5) is 29.5 Å². The number of amides is 2. The smallest absolute Gasteiger partial charge is 0.371 e. The third kappa shape index (κ3) is 5.52. The molecule has 1 N–H and O–H groups in total. The number of carbonyl (C=O) groups is 2. The van der Waals surface area contributed by atoms with Crippen molar-refractivity contribution in [3.63, 3.8) is 0 Å². The maximum absolute atomic E-state index is 13.3. The predicted octanol–water partition coefficient (Wildman–Crippen LogP) is 3.64. The van der Waals surface area contributed by atoms with Gasteiger partial charge < -0.3 is 15.1 Å². The van der Waals surface area contributed by atoms with E-state index in [1.165, 1.54) is 16.9 Å². The summed E-state index contributed by atoms with van der Waals surface area (Å²) in [5, 5.41) is 6.75. The number of rotatable bonds is 5. The minimum absolute atomic E-state index is 0.178. The number of halogens is 3. The van der Waals surface area contributed by atoms with Crippen LogP contribution in [0.2, 0.25) is 0 Å². The Hall–Kier alpha value is -3.08. The molecule has 1 aromatic carbocycles. The molecule has 34 heavy (non-hydrogen) atoms. The highest BCUT2D eigenvalue weighted by Gasteiger charge is 2.32. The second kappa shape index (κ2) is 10.0. The fourth-order valence-corrected chi connectivity index (χ4v) is 4.34. The molecule has 0 radical (unpaired) electrons. The number of piperazine rings is 1. The van der Waals surface area contributed by atoms with Crippen LogP contribution in [0.15, 0.2) is 30.5 Å². The summed E-state index contributed by atoms with van der Waals surface area (Å²) in [7, 11) is 0. The van der Waals surface area contributed by atoms with E-state index in [-0.39, 0.29) is 11.9 Å². The van der Waals surface area contributed by atoms with Gasteiger partial charge in [-0.1, -0.05) is 13.0 Å². The summed E-state index contributed by atoms with van der Waals surface area (Å²) < 4.78 is 41.1. The van der Waals surface area contributed by atoms with Crippen LogP contribution in [-0.2, 0) is 17.5 Å². The zero-order chi connectivity index (χ0) is 24.3. The molecule has 184 valence electrons. The summed E-state index contributed by atoms with van der Waals surface area (Å²) >= 11 is 0. The highest BCUT2D eigenvalue weighted by Crippen LogP contribution is 2.35. The minimum atomic E-state index is -4.37. The number of aromatic nitrogens is 2. The standard InChI is InChI=1S/C23H29F3N6O2/c1-2-21(33)27-20-7-10-32(28-20)22(34)31-13-11-29(12-14-31)16-17-5-6-18(23(24,25)26)15-19(17)30-8-3-4-9-30/h5-7,10,15H,2-4,8-9,11-14,16H2,1H3,(H,27,28,33). The van der Waals surface area contributed by atoms with Gasteiger partial charge in [0.15, 0.2) is 5.82 Å². The Morgan fingerprint density at radius 3 is 2.38 bits per heavy atom. The van der Waals surface area contributed by atoms with Crippen LogP contribution in [0.5, 0.6) is 0 Å². The second-order valence-electron chi connectivity index (χ2n) is 8.63. The molecule has 0 aliphatic carbocycles. The van der Waals surface area contributed by atoms with Gasteiger partial charge in [-0.3, -0.25) is 9.69 Å². The fraction of sp³-hybridized carbons (Fsp3) is 0.522. The van der Waals surface area contributed by atoms with Gasteiger partial charge in [-0.25, -0.2) is 4.79 Å². The number of nitrogens with one attached hydrogen (secondary N) is 1. The van der Waals surface area contributed by atoms with Gasteiger partial charge in [-0.05, 0) is 30.5 Å². The van der Waals surface area contributed by atoms with Gasteiger partial charge in [0.05, 0.1) is 5.56 Å². The molecule has 2 amide bonds. The Balaban J connectivity index is 1.38. The molecule has 2 aromatic rings. The Kier molecular flexibility index (Phi) is 7.11. The number of nitrogens with zero attached hydrogens (tertiary/aromatic N) is 5. The van der Waals surface area contributed by atoms with Crippen molar-refractivity contribution < 1.29 is 22.8 Å². The molecule has 2 saturated heterocycles. The Morgan fingerprint density at radius 1 is 1.03 bits per heavy atom. The van der Waals surface area contributed by atoms with Crippen LogP contribution >= 0.6 is 0 Å². The highest BCUT2D eigenvalue weighted by molar-refractivity contribution is 5.89. The van der Waals surface area contributed by atoms with Gasteiger partial charge in [-0.2, -0.15) is 17.9 Å². The topological polar surface area (TPSA) is 73.7 Å². The van der Waals surface area contributed by atoms with E-state index in [9.17, 15) is 22.8 Å². The van der Waals surface area contributed by atoms with Gasteiger partial charge in [0.1, 0.15) is 0 Å². The van der Waals surface area contributed by atoms with Crippen molar-refractivity contribution >= 4 is 23.4 Å². The largest absolute Gasteiger partial charge is 0.416 e. The lowest BCUT2D eigenvalue weighted by Crippen LogP contribution is -2.49. The van der Waals surface area contributed by atoms with Crippen LogP contribution in [-0.4, -0.2) is 70.8 Å². The first-order valence-corrected chi connectivity index (χ1v) is 11.6. The molecule has 11 heteroatoms. The Labute approximate surface area is 196 Å². The maximum atomic E-state index is 13.3. The lowest BCUT2D eigenvalue weighted by molar-refractivity contribution is -0.137. The monoisotopic (exact) mass is 478 g/mol. The number of hydrogen-bond acceptors (Lipinski definition) is 5. The van der Waals surface area contributed by atoms with Gasteiger partial charge in [0, 0.05) is 70.2 Å². The molecule has 0 saturated carbocycles. The third-order valence-corrected chi connectivity index (χ3v) is 6.27. The quantitative estimate of drug-likeness (QED) is 0.711. The van der Waals surface area contributed by atoms with Crippen molar-refractivity contribution in [2.24, 2.45) is 0 Å². The minimum Gasteiger partial charge on any atom is -0.371 e. The van der Waals surface area contributed by atoms with E-state index < -0.39 is 11.7 Å². The average molecular weight is 479 g/mol. The van der Waals surface area contributed by atoms with E-state index in [4.69, 9.17) is 0 Å². The van der Waals surface area contributed by atoms with Crippen LogP contribution in [0.25, 0.3) is 0 Å². The second-order valence-corrected chi connectivity index (χ2v) is 8.63. The van der Waals surface area contributed by atoms with Crippen molar-refractivity contribution in [1.29, 1.82) is 0 Å². The van der Waals surface area contributed by atoms with E-state index in [0.29, 0.717) is 50.6 Å². The summed E-state index contributed by atoms with van der Waals surface area (Å²) in [6.45, 7) is 5.96. The van der Waals surface area contributed by atoms with Crippen molar-refractivity contribution in [2.45, 2.75) is 38.9 Å². The van der Waals surface area contributed by atoms with Gasteiger partial charge in [-0.15, -0.1) is 5.10 Å². The molecule has 0 unspecified atom stereocenters. The van der Waals surface area contributed by atoms with Crippen LogP contribution in [0.1, 0.15) is 37.3 Å². The van der Waals surface area contributed by atoms with Gasteiger partial charge in [0.25, 0.3) is 0 Å². The van der Waals surface area contributed by atoms with E-state index in [2.05, 4.69) is 15.3 Å². The van der Waals surface area contributed by atoms with Crippen molar-refractivity contribution in [3.8, 4) is 0 Å². The molecular weight excluding hydrogens is 449 g/mol. The summed E-state index contributed by atoms with van der Waals surface area (Å²) in [6, 6.07) is 5.31. The summed E-state index contributed by atoms with van der Waals surface area (Å²) in [5.41, 5.74) is 0.907. The van der Waals surface area contributed by atoms with E-state index in [1.54, 1.807) is 24.0 Å². The Morgan fingerprint density at radius 2 is 1.74 bits per heavy atom. The average Bonchev–Trinajstić information content (AvgIpc) is 3.51. The molecule has 0 atom stereocenters. The molecule has 2 aliphatic rings. The highest BCUT2D eigenvalue weighted by atomic mass is 19.4. The first-order valence-electron chi connectivity index (χ1n) is 11.6. The molecule has 2 aliphatic heterocycles. The van der Waals surface area contributed by atoms with Gasteiger partial charge >= 0.3 is 12.2 Å². The van der Waals surface area contributed by atoms with Crippen molar-refractivity contribution in [1.82, 2.24) is 19.6 Å². The van der Waals surface area contributed by atoms with E-state index in [1.807, 2.05) is 4.90 Å². The summed E-state index contributed by atoms with van der Waals surface area (Å²) in [6.07, 6.45) is -0.572. The lowest BCUT2D eigenvalue weighted by atomic mass is 10.1.